The fraction of sp³-hybridized carbons (Fsp3) is 0.478. The van der Waals surface area contributed by atoms with Crippen LogP contribution in [0.3, 0.4) is 0 Å². The summed E-state index contributed by atoms with van der Waals surface area (Å²) in [6, 6.07) is 16.3. The van der Waals surface area contributed by atoms with Crippen LogP contribution in [0.25, 0.3) is 0 Å². The molecule has 1 atom stereocenters. The van der Waals surface area contributed by atoms with Gasteiger partial charge in [-0.1, -0.05) is 78.3 Å². The van der Waals surface area contributed by atoms with Crippen LogP contribution < -0.4 is 0 Å². The highest BCUT2D eigenvalue weighted by Crippen LogP contribution is 2.62. The monoisotopic (exact) mass is 558 g/mol. The SMILES string of the molecule is O=S(=O)(c1ccccc1)C1(S(=O)(=O)c2ccccc2)CC(CI)C2(CCCCC2)C1. The van der Waals surface area contributed by atoms with E-state index in [1.54, 1.807) is 36.4 Å². The van der Waals surface area contributed by atoms with Crippen LogP contribution in [0.15, 0.2) is 70.5 Å². The molecule has 2 aromatic rings. The van der Waals surface area contributed by atoms with E-state index in [-0.39, 0.29) is 34.0 Å². The third-order valence-electron chi connectivity index (χ3n) is 7.17. The second-order valence-electron chi connectivity index (χ2n) is 8.70. The Bertz CT molecular complexity index is 1020. The summed E-state index contributed by atoms with van der Waals surface area (Å²) in [7, 11) is -8.23. The van der Waals surface area contributed by atoms with Gasteiger partial charge in [-0.05, 0) is 61.3 Å². The first-order valence-corrected chi connectivity index (χ1v) is 14.9. The molecule has 0 saturated heterocycles. The number of rotatable bonds is 5. The second kappa shape index (κ2) is 8.20. The minimum atomic E-state index is -4.12. The summed E-state index contributed by atoms with van der Waals surface area (Å²) in [5.41, 5.74) is -0.219. The molecule has 0 N–H and O–H groups in total. The van der Waals surface area contributed by atoms with Crippen molar-refractivity contribution in [1.82, 2.24) is 0 Å². The average molecular weight is 559 g/mol. The molecule has 1 unspecified atom stereocenters. The summed E-state index contributed by atoms with van der Waals surface area (Å²) in [5, 5.41) is 0. The molecule has 2 aromatic carbocycles. The Morgan fingerprint density at radius 1 is 0.767 bits per heavy atom. The van der Waals surface area contributed by atoms with Gasteiger partial charge in [0.2, 0.25) is 0 Å². The van der Waals surface area contributed by atoms with Gasteiger partial charge in [0.15, 0.2) is 23.8 Å². The van der Waals surface area contributed by atoms with Crippen molar-refractivity contribution in [2.75, 3.05) is 4.43 Å². The molecule has 0 heterocycles. The van der Waals surface area contributed by atoms with Gasteiger partial charge in [0.05, 0.1) is 9.79 Å². The highest BCUT2D eigenvalue weighted by Gasteiger charge is 2.66. The predicted octanol–water partition coefficient (Wildman–Crippen LogP) is 5.43. The van der Waals surface area contributed by atoms with Crippen molar-refractivity contribution >= 4 is 42.3 Å². The fourth-order valence-electron chi connectivity index (χ4n) is 5.59. The van der Waals surface area contributed by atoms with Crippen molar-refractivity contribution in [3.05, 3.63) is 60.7 Å². The van der Waals surface area contributed by atoms with E-state index in [4.69, 9.17) is 0 Å². The maximum atomic E-state index is 14.1. The smallest absolute Gasteiger partial charge is 0.198 e. The Labute approximate surface area is 193 Å². The third kappa shape index (κ3) is 3.35. The zero-order valence-electron chi connectivity index (χ0n) is 16.8. The minimum absolute atomic E-state index is 0.0791. The van der Waals surface area contributed by atoms with Gasteiger partial charge in [0.1, 0.15) is 0 Å². The van der Waals surface area contributed by atoms with Gasteiger partial charge < -0.3 is 0 Å². The molecule has 162 valence electrons. The molecule has 4 rings (SSSR count). The molecule has 2 fully saturated rings. The summed E-state index contributed by atoms with van der Waals surface area (Å²) in [6.07, 6.45) is 5.42. The summed E-state index contributed by atoms with van der Waals surface area (Å²) in [6.45, 7) is 0. The molecule has 0 radical (unpaired) electrons. The van der Waals surface area contributed by atoms with Gasteiger partial charge in [-0.2, -0.15) is 0 Å². The largest absolute Gasteiger partial charge is 0.222 e. The maximum Gasteiger partial charge on any atom is 0.198 e. The highest BCUT2D eigenvalue weighted by atomic mass is 127. The van der Waals surface area contributed by atoms with Crippen molar-refractivity contribution in [2.45, 2.75) is 58.8 Å². The Morgan fingerprint density at radius 2 is 1.23 bits per heavy atom. The first-order valence-electron chi connectivity index (χ1n) is 10.4. The summed E-state index contributed by atoms with van der Waals surface area (Å²) in [5.74, 6) is 0.0791. The fourth-order valence-corrected chi connectivity index (χ4v) is 12.3. The zero-order chi connectivity index (χ0) is 21.5. The van der Waals surface area contributed by atoms with Gasteiger partial charge in [-0.3, -0.25) is 0 Å². The average Bonchev–Trinajstić information content (AvgIpc) is 3.11. The van der Waals surface area contributed by atoms with Gasteiger partial charge in [-0.25, -0.2) is 16.8 Å². The lowest BCUT2D eigenvalue weighted by Crippen LogP contribution is -2.45. The van der Waals surface area contributed by atoms with Crippen molar-refractivity contribution in [3.63, 3.8) is 0 Å². The summed E-state index contributed by atoms with van der Waals surface area (Å²) < 4.78 is 55.3. The van der Waals surface area contributed by atoms with Crippen LogP contribution in [-0.2, 0) is 19.7 Å². The quantitative estimate of drug-likeness (QED) is 0.363. The van der Waals surface area contributed by atoms with E-state index < -0.39 is 23.8 Å². The number of hydrogen-bond acceptors (Lipinski definition) is 4. The van der Waals surface area contributed by atoms with Crippen LogP contribution in [0.4, 0.5) is 0 Å². The number of benzene rings is 2. The van der Waals surface area contributed by atoms with Crippen LogP contribution in [0.1, 0.15) is 44.9 Å². The zero-order valence-corrected chi connectivity index (χ0v) is 20.6. The van der Waals surface area contributed by atoms with Crippen molar-refractivity contribution < 1.29 is 16.8 Å². The molecule has 30 heavy (non-hydrogen) atoms. The van der Waals surface area contributed by atoms with Crippen LogP contribution in [0, 0.1) is 11.3 Å². The molecular weight excluding hydrogens is 531 g/mol. The van der Waals surface area contributed by atoms with E-state index in [9.17, 15) is 16.8 Å². The van der Waals surface area contributed by atoms with Gasteiger partial charge in [-0.15, -0.1) is 0 Å². The molecule has 2 saturated carbocycles. The standard InChI is InChI=1S/C23H27IO4S2/c24-17-19-16-23(18-22(19)14-8-3-9-15-22,29(25,26)20-10-4-1-5-11-20)30(27,28)21-12-6-2-7-13-21/h1-2,4-7,10-13,19H,3,8-9,14-18H2. The molecule has 0 aliphatic heterocycles. The van der Waals surface area contributed by atoms with Gasteiger partial charge >= 0.3 is 0 Å². The first-order chi connectivity index (χ1) is 14.3. The number of halogens is 1. The normalized spacial score (nSPS) is 23.4. The van der Waals surface area contributed by atoms with Crippen molar-refractivity contribution in [2.24, 2.45) is 11.3 Å². The molecule has 0 bridgehead atoms. The minimum Gasteiger partial charge on any atom is -0.222 e. The third-order valence-corrected chi connectivity index (χ3v) is 13.9. The molecule has 4 nitrogen and oxygen atoms in total. The molecule has 7 heteroatoms. The maximum absolute atomic E-state index is 14.1. The van der Waals surface area contributed by atoms with Crippen LogP contribution in [0.2, 0.25) is 0 Å². The Morgan fingerprint density at radius 3 is 1.67 bits per heavy atom. The number of sulfone groups is 2. The Hall–Kier alpha value is -0.930. The van der Waals surface area contributed by atoms with Crippen molar-refractivity contribution in [3.8, 4) is 0 Å². The number of hydrogen-bond donors (Lipinski definition) is 0. The van der Waals surface area contributed by atoms with Gasteiger partial charge in [0.25, 0.3) is 0 Å². The van der Waals surface area contributed by atoms with Crippen LogP contribution >= 0.6 is 22.6 Å². The van der Waals surface area contributed by atoms with Crippen LogP contribution in [-0.4, -0.2) is 25.3 Å². The van der Waals surface area contributed by atoms with E-state index >= 15 is 0 Å². The van der Waals surface area contributed by atoms with E-state index in [0.717, 1.165) is 36.5 Å². The first kappa shape index (κ1) is 22.3. The lowest BCUT2D eigenvalue weighted by atomic mass is 9.68. The molecule has 2 aliphatic rings. The number of alkyl halides is 1. The molecule has 0 amide bonds. The van der Waals surface area contributed by atoms with Gasteiger partial charge in [0, 0.05) is 4.43 Å². The highest BCUT2D eigenvalue weighted by molar-refractivity contribution is 14.1. The van der Waals surface area contributed by atoms with Crippen molar-refractivity contribution in [1.29, 1.82) is 0 Å². The lowest BCUT2D eigenvalue weighted by Gasteiger charge is -2.39. The second-order valence-corrected chi connectivity index (χ2v) is 14.4. The molecule has 2 aliphatic carbocycles. The topological polar surface area (TPSA) is 68.3 Å². The Balaban J connectivity index is 1.96. The van der Waals surface area contributed by atoms with Crippen LogP contribution in [0.5, 0.6) is 0 Å². The van der Waals surface area contributed by atoms with E-state index in [1.165, 1.54) is 24.3 Å². The summed E-state index contributed by atoms with van der Waals surface area (Å²) in [4.78, 5) is 0.203. The molecular formula is C23H27IO4S2. The van der Waals surface area contributed by atoms with E-state index in [2.05, 4.69) is 22.6 Å². The Kier molecular flexibility index (Phi) is 6.09. The summed E-state index contributed by atoms with van der Waals surface area (Å²) >= 11 is 2.31. The lowest BCUT2D eigenvalue weighted by molar-refractivity contribution is 0.143. The van der Waals surface area contributed by atoms with E-state index in [1.807, 2.05) is 0 Å². The molecule has 1 spiro atoms. The van der Waals surface area contributed by atoms with E-state index in [0.29, 0.717) is 0 Å². The molecule has 0 aromatic heterocycles. The predicted molar refractivity (Wildman–Crippen MR) is 127 cm³/mol.